The number of benzene rings is 1. The number of hydrogen-bond acceptors (Lipinski definition) is 6. The van der Waals surface area contributed by atoms with Crippen molar-refractivity contribution in [3.63, 3.8) is 0 Å². The lowest BCUT2D eigenvalue weighted by Gasteiger charge is -2.14. The van der Waals surface area contributed by atoms with E-state index < -0.39 is 0 Å². The number of hydrogen-bond donors (Lipinski definition) is 3. The first-order valence-corrected chi connectivity index (χ1v) is 8.19. The largest absolute Gasteiger partial charge is 0.508 e. The van der Waals surface area contributed by atoms with Crippen LogP contribution in [0.2, 0.25) is 0 Å². The molecular weight excluding hydrogens is 284 g/mol. The average Bonchev–Trinajstić information content (AvgIpc) is 2.72. The molecule has 1 aromatic carbocycles. The summed E-state index contributed by atoms with van der Waals surface area (Å²) in [6.45, 7) is 1.88. The molecule has 2 heterocycles. The van der Waals surface area contributed by atoms with Gasteiger partial charge in [0.2, 0.25) is 0 Å². The SMILES string of the molecule is CSc1nc2c(c(Nc3cccc(O)c3)n1)CCNCC2. The first-order chi connectivity index (χ1) is 10.3. The molecule has 1 aliphatic rings. The van der Waals surface area contributed by atoms with Gasteiger partial charge >= 0.3 is 0 Å². The molecule has 6 heteroatoms. The fourth-order valence-electron chi connectivity index (χ4n) is 2.44. The lowest BCUT2D eigenvalue weighted by molar-refractivity contribution is 0.475. The van der Waals surface area contributed by atoms with Crippen LogP contribution in [0.25, 0.3) is 0 Å². The predicted octanol–water partition coefficient (Wildman–Crippen LogP) is 2.34. The van der Waals surface area contributed by atoms with Crippen LogP contribution in [0, 0.1) is 0 Å². The van der Waals surface area contributed by atoms with Crippen LogP contribution in [-0.4, -0.2) is 34.4 Å². The third kappa shape index (κ3) is 3.28. The van der Waals surface area contributed by atoms with Crippen LogP contribution in [0.1, 0.15) is 11.3 Å². The summed E-state index contributed by atoms with van der Waals surface area (Å²) in [5.41, 5.74) is 3.11. The highest BCUT2D eigenvalue weighted by Gasteiger charge is 2.16. The number of aromatic hydroxyl groups is 1. The van der Waals surface area contributed by atoms with E-state index in [0.717, 1.165) is 48.3 Å². The molecule has 2 aromatic rings. The molecule has 5 nitrogen and oxygen atoms in total. The summed E-state index contributed by atoms with van der Waals surface area (Å²) < 4.78 is 0. The Hall–Kier alpha value is -1.79. The molecule has 1 aliphatic heterocycles. The molecule has 21 heavy (non-hydrogen) atoms. The second-order valence-corrected chi connectivity index (χ2v) is 5.68. The lowest BCUT2D eigenvalue weighted by Crippen LogP contribution is -2.16. The van der Waals surface area contributed by atoms with Crippen molar-refractivity contribution in [3.8, 4) is 5.75 Å². The van der Waals surface area contributed by atoms with Gasteiger partial charge in [-0.15, -0.1) is 0 Å². The molecule has 0 saturated carbocycles. The number of nitrogens with zero attached hydrogens (tertiary/aromatic N) is 2. The highest BCUT2D eigenvalue weighted by molar-refractivity contribution is 7.98. The minimum Gasteiger partial charge on any atom is -0.508 e. The monoisotopic (exact) mass is 302 g/mol. The fraction of sp³-hybridized carbons (Fsp3) is 0.333. The summed E-state index contributed by atoms with van der Waals surface area (Å²) >= 11 is 1.54. The summed E-state index contributed by atoms with van der Waals surface area (Å²) in [5.74, 6) is 1.09. The summed E-state index contributed by atoms with van der Waals surface area (Å²) in [4.78, 5) is 9.24. The molecule has 0 spiro atoms. The maximum Gasteiger partial charge on any atom is 0.189 e. The van der Waals surface area contributed by atoms with Crippen molar-refractivity contribution >= 4 is 23.3 Å². The quantitative estimate of drug-likeness (QED) is 0.597. The average molecular weight is 302 g/mol. The third-order valence-corrected chi connectivity index (χ3v) is 4.00. The van der Waals surface area contributed by atoms with E-state index in [2.05, 4.69) is 20.6 Å². The van der Waals surface area contributed by atoms with Gasteiger partial charge in [-0.25, -0.2) is 9.97 Å². The van der Waals surface area contributed by atoms with Crippen molar-refractivity contribution in [1.29, 1.82) is 0 Å². The molecule has 0 atom stereocenters. The third-order valence-electron chi connectivity index (χ3n) is 3.45. The Balaban J connectivity index is 1.99. The van der Waals surface area contributed by atoms with Crippen molar-refractivity contribution in [2.45, 2.75) is 18.0 Å². The van der Waals surface area contributed by atoms with Crippen molar-refractivity contribution < 1.29 is 5.11 Å². The van der Waals surface area contributed by atoms with Gasteiger partial charge in [-0.1, -0.05) is 17.8 Å². The minimum atomic E-state index is 0.243. The van der Waals surface area contributed by atoms with Crippen molar-refractivity contribution in [3.05, 3.63) is 35.5 Å². The second-order valence-electron chi connectivity index (χ2n) is 4.91. The van der Waals surface area contributed by atoms with Crippen molar-refractivity contribution in [2.75, 3.05) is 24.7 Å². The number of anilines is 2. The summed E-state index contributed by atoms with van der Waals surface area (Å²) in [7, 11) is 0. The Morgan fingerprint density at radius 3 is 2.90 bits per heavy atom. The molecular formula is C15H18N4OS. The van der Waals surface area contributed by atoms with Gasteiger partial charge < -0.3 is 15.7 Å². The highest BCUT2D eigenvalue weighted by atomic mass is 32.2. The van der Waals surface area contributed by atoms with E-state index in [0.29, 0.717) is 0 Å². The van der Waals surface area contributed by atoms with Crippen LogP contribution in [0.5, 0.6) is 5.75 Å². The van der Waals surface area contributed by atoms with Crippen LogP contribution in [0.3, 0.4) is 0 Å². The van der Waals surface area contributed by atoms with E-state index in [4.69, 9.17) is 0 Å². The number of phenols is 1. The molecule has 110 valence electrons. The van der Waals surface area contributed by atoms with Gasteiger partial charge in [0.15, 0.2) is 5.16 Å². The molecule has 3 N–H and O–H groups in total. The number of nitrogens with one attached hydrogen (secondary N) is 2. The predicted molar refractivity (Wildman–Crippen MR) is 85.5 cm³/mol. The number of fused-ring (bicyclic) bond motifs is 1. The van der Waals surface area contributed by atoms with E-state index >= 15 is 0 Å². The molecule has 0 radical (unpaired) electrons. The van der Waals surface area contributed by atoms with Crippen LogP contribution < -0.4 is 10.6 Å². The van der Waals surface area contributed by atoms with Gasteiger partial charge in [0.25, 0.3) is 0 Å². The Morgan fingerprint density at radius 1 is 1.24 bits per heavy atom. The first-order valence-electron chi connectivity index (χ1n) is 6.97. The zero-order valence-electron chi connectivity index (χ0n) is 11.9. The molecule has 0 aliphatic carbocycles. The van der Waals surface area contributed by atoms with Crippen LogP contribution >= 0.6 is 11.8 Å². The Labute approximate surface area is 128 Å². The number of rotatable bonds is 3. The minimum absolute atomic E-state index is 0.243. The van der Waals surface area contributed by atoms with Gasteiger partial charge in [-0.2, -0.15) is 0 Å². The van der Waals surface area contributed by atoms with Crippen molar-refractivity contribution in [1.82, 2.24) is 15.3 Å². The topological polar surface area (TPSA) is 70.1 Å². The normalized spacial score (nSPS) is 14.3. The fourth-order valence-corrected chi connectivity index (χ4v) is 2.82. The van der Waals surface area contributed by atoms with Gasteiger partial charge in [0.05, 0.1) is 5.69 Å². The zero-order valence-corrected chi connectivity index (χ0v) is 12.7. The van der Waals surface area contributed by atoms with Gasteiger partial charge in [0, 0.05) is 30.3 Å². The van der Waals surface area contributed by atoms with Crippen LogP contribution in [-0.2, 0) is 12.8 Å². The van der Waals surface area contributed by atoms with Crippen LogP contribution in [0.4, 0.5) is 11.5 Å². The smallest absolute Gasteiger partial charge is 0.189 e. The molecule has 0 bridgehead atoms. The molecule has 0 saturated heterocycles. The van der Waals surface area contributed by atoms with Crippen LogP contribution in [0.15, 0.2) is 29.4 Å². The van der Waals surface area contributed by atoms with E-state index in [1.807, 2.05) is 18.4 Å². The molecule has 1 aromatic heterocycles. The summed E-state index contributed by atoms with van der Waals surface area (Å²) in [5, 5.41) is 17.1. The number of thioether (sulfide) groups is 1. The van der Waals surface area contributed by atoms with Gasteiger partial charge in [-0.3, -0.25) is 0 Å². The van der Waals surface area contributed by atoms with Gasteiger partial charge in [0.1, 0.15) is 11.6 Å². The summed E-state index contributed by atoms with van der Waals surface area (Å²) in [6, 6.07) is 7.08. The second kappa shape index (κ2) is 6.32. The number of phenolic OH excluding ortho intramolecular Hbond substituents is 1. The standard InChI is InChI=1S/C15H18N4OS/c1-21-15-18-13-6-8-16-7-5-12(13)14(19-15)17-10-3-2-4-11(20)9-10/h2-4,9,16,20H,5-8H2,1H3,(H,17,18,19). The maximum absolute atomic E-state index is 9.59. The molecule has 0 unspecified atom stereocenters. The van der Waals surface area contributed by atoms with E-state index in [-0.39, 0.29) is 5.75 Å². The van der Waals surface area contributed by atoms with Gasteiger partial charge in [-0.05, 0) is 31.4 Å². The maximum atomic E-state index is 9.59. The number of aromatic nitrogens is 2. The Morgan fingerprint density at radius 2 is 2.10 bits per heavy atom. The van der Waals surface area contributed by atoms with E-state index in [1.54, 1.807) is 23.9 Å². The first kappa shape index (κ1) is 14.2. The molecule has 3 rings (SSSR count). The van der Waals surface area contributed by atoms with Crippen molar-refractivity contribution in [2.24, 2.45) is 0 Å². The lowest BCUT2D eigenvalue weighted by atomic mass is 10.1. The summed E-state index contributed by atoms with van der Waals surface area (Å²) in [6.07, 6.45) is 3.81. The zero-order chi connectivity index (χ0) is 14.7. The molecule has 0 fully saturated rings. The molecule has 0 amide bonds. The highest BCUT2D eigenvalue weighted by Crippen LogP contribution is 2.27. The van der Waals surface area contributed by atoms with E-state index in [1.165, 1.54) is 5.56 Å². The Bertz CT molecular complexity index is 648. The van der Waals surface area contributed by atoms with E-state index in [9.17, 15) is 5.11 Å². The Kier molecular flexibility index (Phi) is 4.26.